The lowest BCUT2D eigenvalue weighted by Gasteiger charge is -1.66. The van der Waals surface area contributed by atoms with Crippen molar-refractivity contribution in [3.05, 3.63) is 29.3 Å². The molecular formula is C3H4N3O. The Kier molecular flexibility index (Phi) is 4.30. The third-order valence-corrected chi connectivity index (χ3v) is 0.290. The monoisotopic (exact) mass is 98.0 g/mol. The first-order valence-corrected chi connectivity index (χ1v) is 1.58. The molecule has 0 atom stereocenters. The molecule has 0 saturated carbocycles. The fraction of sp³-hybridized carbons (Fsp3) is 0. The molecule has 0 spiro atoms. The molecule has 0 aliphatic rings. The van der Waals surface area contributed by atoms with Gasteiger partial charge in [-0.3, -0.25) is 0 Å². The lowest BCUT2D eigenvalue weighted by molar-refractivity contribution is 0.420. The van der Waals surface area contributed by atoms with Crippen LogP contribution in [0.4, 0.5) is 0 Å². The highest BCUT2D eigenvalue weighted by molar-refractivity contribution is 4.85. The largest absolute Gasteiger partial charge is 0.386 e. The van der Waals surface area contributed by atoms with Crippen molar-refractivity contribution in [2.75, 3.05) is 0 Å². The fourth-order valence-corrected chi connectivity index (χ4v) is 0.107. The lowest BCUT2D eigenvalue weighted by Crippen LogP contribution is -1.55. The Morgan fingerprint density at radius 3 is 2.86 bits per heavy atom. The summed E-state index contributed by atoms with van der Waals surface area (Å²) in [6.45, 7) is 0.786. The molecule has 0 heterocycles. The molecule has 0 aromatic rings. The van der Waals surface area contributed by atoms with E-state index in [2.05, 4.69) is 10.0 Å². The van der Waals surface area contributed by atoms with Crippen molar-refractivity contribution in [1.82, 2.24) is 0 Å². The van der Waals surface area contributed by atoms with Crippen molar-refractivity contribution in [2.45, 2.75) is 0 Å². The standard InChI is InChI=1S/C3H4N3O/c4-6-5-2-1-3-7/h1-3,7H/b2-1+. The maximum Gasteiger partial charge on any atom is 0.102 e. The third kappa shape index (κ3) is 5.01. The molecule has 0 saturated heterocycles. The van der Waals surface area contributed by atoms with Gasteiger partial charge in [0.2, 0.25) is 0 Å². The number of aliphatic hydroxyl groups is 1. The molecular weight excluding hydrogens is 94.1 g/mol. The third-order valence-electron chi connectivity index (χ3n) is 0.290. The Labute approximate surface area is 40.7 Å². The van der Waals surface area contributed by atoms with E-state index in [1.165, 1.54) is 6.08 Å². The minimum Gasteiger partial charge on any atom is -0.386 e. The molecule has 0 amide bonds. The molecule has 0 fully saturated rings. The van der Waals surface area contributed by atoms with Crippen LogP contribution in [-0.2, 0) is 0 Å². The Morgan fingerprint density at radius 2 is 2.43 bits per heavy atom. The number of rotatable bonds is 2. The quantitative estimate of drug-likeness (QED) is 0.316. The van der Waals surface area contributed by atoms with E-state index in [9.17, 15) is 0 Å². The van der Waals surface area contributed by atoms with Crippen LogP contribution in [0.15, 0.2) is 17.4 Å². The van der Waals surface area contributed by atoms with Crippen molar-refractivity contribution in [3.63, 3.8) is 0 Å². The predicted molar refractivity (Wildman–Crippen MR) is 24.5 cm³/mol. The van der Waals surface area contributed by atoms with Gasteiger partial charge in [0.15, 0.2) is 0 Å². The van der Waals surface area contributed by atoms with Gasteiger partial charge < -0.3 is 5.11 Å². The second kappa shape index (κ2) is 5.01. The van der Waals surface area contributed by atoms with Crippen molar-refractivity contribution in [2.24, 2.45) is 5.11 Å². The van der Waals surface area contributed by atoms with Crippen LogP contribution < -0.4 is 0 Å². The zero-order valence-electron chi connectivity index (χ0n) is 3.52. The van der Waals surface area contributed by atoms with Crippen LogP contribution >= 0.6 is 0 Å². The SMILES string of the molecule is [N-]=[N+]=N/C=C/[CH]O. The van der Waals surface area contributed by atoms with Crippen molar-refractivity contribution < 1.29 is 5.11 Å². The van der Waals surface area contributed by atoms with Gasteiger partial charge in [0.1, 0.15) is 6.61 Å². The molecule has 0 aromatic carbocycles. The first kappa shape index (κ1) is 6.01. The van der Waals surface area contributed by atoms with E-state index >= 15 is 0 Å². The smallest absolute Gasteiger partial charge is 0.102 e. The first-order valence-electron chi connectivity index (χ1n) is 1.58. The Morgan fingerprint density at radius 1 is 1.71 bits per heavy atom. The minimum absolute atomic E-state index is 0.786. The number of azide groups is 1. The molecule has 0 bridgehead atoms. The molecule has 0 aromatic heterocycles. The van der Waals surface area contributed by atoms with E-state index in [1.807, 2.05) is 0 Å². The van der Waals surface area contributed by atoms with Crippen LogP contribution in [0.1, 0.15) is 0 Å². The van der Waals surface area contributed by atoms with Crippen molar-refractivity contribution in [3.8, 4) is 0 Å². The van der Waals surface area contributed by atoms with E-state index in [4.69, 9.17) is 10.6 Å². The Hall–Kier alpha value is -0.990. The summed E-state index contributed by atoms with van der Waals surface area (Å²) in [7, 11) is 0. The molecule has 0 aliphatic heterocycles. The summed E-state index contributed by atoms with van der Waals surface area (Å²) in [5, 5.41) is 10.9. The summed E-state index contributed by atoms with van der Waals surface area (Å²) in [6, 6.07) is 0. The van der Waals surface area contributed by atoms with Gasteiger partial charge >= 0.3 is 0 Å². The van der Waals surface area contributed by atoms with E-state index in [-0.39, 0.29) is 0 Å². The van der Waals surface area contributed by atoms with Crippen molar-refractivity contribution in [1.29, 1.82) is 0 Å². The lowest BCUT2D eigenvalue weighted by atomic mass is 10.7. The summed E-state index contributed by atoms with van der Waals surface area (Å²) in [5.41, 5.74) is 7.60. The van der Waals surface area contributed by atoms with Gasteiger partial charge in [0, 0.05) is 4.91 Å². The zero-order chi connectivity index (χ0) is 5.54. The highest BCUT2D eigenvalue weighted by Gasteiger charge is 1.59. The second-order valence-corrected chi connectivity index (χ2v) is 0.696. The van der Waals surface area contributed by atoms with Crippen LogP contribution in [0, 0.1) is 6.61 Å². The molecule has 1 N–H and O–H groups in total. The van der Waals surface area contributed by atoms with Gasteiger partial charge in [-0.2, -0.15) is 0 Å². The average Bonchev–Trinajstić information content (AvgIpc) is 1.69. The average molecular weight is 98.1 g/mol. The number of hydrogen-bond donors (Lipinski definition) is 1. The maximum absolute atomic E-state index is 7.90. The molecule has 4 heteroatoms. The van der Waals surface area contributed by atoms with Gasteiger partial charge in [0.25, 0.3) is 0 Å². The van der Waals surface area contributed by atoms with E-state index < -0.39 is 0 Å². The van der Waals surface area contributed by atoms with Crippen LogP contribution in [0.5, 0.6) is 0 Å². The predicted octanol–water partition coefficient (Wildman–Crippen LogP) is 1.34. The minimum atomic E-state index is 0.786. The van der Waals surface area contributed by atoms with Crippen LogP contribution in [0.25, 0.3) is 10.4 Å². The summed E-state index contributed by atoms with van der Waals surface area (Å²) < 4.78 is 0. The molecule has 7 heavy (non-hydrogen) atoms. The first-order chi connectivity index (χ1) is 3.41. The second-order valence-electron chi connectivity index (χ2n) is 0.696. The van der Waals surface area contributed by atoms with Gasteiger partial charge in [-0.05, 0) is 11.7 Å². The van der Waals surface area contributed by atoms with Gasteiger partial charge in [0.05, 0.1) is 0 Å². The zero-order valence-corrected chi connectivity index (χ0v) is 3.52. The van der Waals surface area contributed by atoms with E-state index in [0.717, 1.165) is 12.8 Å². The van der Waals surface area contributed by atoms with E-state index in [1.54, 1.807) is 0 Å². The van der Waals surface area contributed by atoms with Gasteiger partial charge in [-0.25, -0.2) is 0 Å². The van der Waals surface area contributed by atoms with Crippen molar-refractivity contribution >= 4 is 0 Å². The Balaban J connectivity index is 3.27. The fourth-order valence-electron chi connectivity index (χ4n) is 0.107. The highest BCUT2D eigenvalue weighted by Crippen LogP contribution is 1.75. The topological polar surface area (TPSA) is 69.0 Å². The molecule has 0 aliphatic carbocycles. The van der Waals surface area contributed by atoms with Gasteiger partial charge in [-0.15, -0.1) is 0 Å². The number of nitrogens with zero attached hydrogens (tertiary/aromatic N) is 3. The molecule has 1 radical (unpaired) electrons. The van der Waals surface area contributed by atoms with Crippen LogP contribution in [-0.4, -0.2) is 5.11 Å². The van der Waals surface area contributed by atoms with Gasteiger partial charge in [-0.1, -0.05) is 11.2 Å². The Bertz CT molecular complexity index is 103. The number of hydrogen-bond acceptors (Lipinski definition) is 2. The summed E-state index contributed by atoms with van der Waals surface area (Å²) in [5.74, 6) is 0. The molecule has 4 nitrogen and oxygen atoms in total. The van der Waals surface area contributed by atoms with E-state index in [0.29, 0.717) is 0 Å². The number of aliphatic hydroxyl groups excluding tert-OH is 1. The maximum atomic E-state index is 7.90. The summed E-state index contributed by atoms with van der Waals surface area (Å²) >= 11 is 0. The summed E-state index contributed by atoms with van der Waals surface area (Å²) in [6.07, 6.45) is 2.36. The molecule has 37 valence electrons. The summed E-state index contributed by atoms with van der Waals surface area (Å²) in [4.78, 5) is 2.38. The highest BCUT2D eigenvalue weighted by atomic mass is 16.2. The van der Waals surface area contributed by atoms with Crippen LogP contribution in [0.2, 0.25) is 0 Å². The molecule has 0 rings (SSSR count). The van der Waals surface area contributed by atoms with Crippen LogP contribution in [0.3, 0.4) is 0 Å². The molecule has 0 unspecified atom stereocenters. The normalized spacial score (nSPS) is 8.71.